The van der Waals surface area contributed by atoms with E-state index in [9.17, 15) is 14.4 Å². The highest BCUT2D eigenvalue weighted by Gasteiger charge is 2.13. The van der Waals surface area contributed by atoms with Crippen LogP contribution in [0.3, 0.4) is 0 Å². The smallest absolute Gasteiger partial charge is 0.325 e. The number of nitrogens with one attached hydrogen (secondary N) is 2. The Bertz CT molecular complexity index is 866. The lowest BCUT2D eigenvalue weighted by molar-refractivity contribution is -0.146. The zero-order valence-corrected chi connectivity index (χ0v) is 15.9. The standard InChI is InChI=1S/C20H22N2O6/c1-13-7-8-17(27-3)16(9-13)22-18(23)12-28-19(24)11-21-20(25)14-5-4-6-15(10-14)26-2/h4-10H,11-12H2,1-3H3,(H,21,25)(H,22,23). The Kier molecular flexibility index (Phi) is 7.38. The van der Waals surface area contributed by atoms with E-state index >= 15 is 0 Å². The van der Waals surface area contributed by atoms with Gasteiger partial charge in [-0.2, -0.15) is 0 Å². The average molecular weight is 386 g/mol. The van der Waals surface area contributed by atoms with Gasteiger partial charge in [-0.15, -0.1) is 0 Å². The van der Waals surface area contributed by atoms with E-state index in [-0.39, 0.29) is 6.54 Å². The first-order valence-corrected chi connectivity index (χ1v) is 8.45. The predicted molar refractivity (Wildman–Crippen MR) is 103 cm³/mol. The average Bonchev–Trinajstić information content (AvgIpc) is 2.70. The first-order valence-electron chi connectivity index (χ1n) is 8.45. The molecule has 0 saturated heterocycles. The number of carbonyl (C=O) groups is 3. The number of esters is 1. The van der Waals surface area contributed by atoms with Crippen molar-refractivity contribution in [2.75, 3.05) is 32.7 Å². The lowest BCUT2D eigenvalue weighted by Gasteiger charge is -2.11. The summed E-state index contributed by atoms with van der Waals surface area (Å²) in [5.41, 5.74) is 1.76. The van der Waals surface area contributed by atoms with Crippen molar-refractivity contribution in [3.05, 3.63) is 53.6 Å². The SMILES string of the molecule is COc1cccc(C(=O)NCC(=O)OCC(=O)Nc2cc(C)ccc2OC)c1. The highest BCUT2D eigenvalue weighted by molar-refractivity contribution is 5.97. The highest BCUT2D eigenvalue weighted by Crippen LogP contribution is 2.25. The number of rotatable bonds is 8. The molecule has 0 spiro atoms. The van der Waals surface area contributed by atoms with Gasteiger partial charge < -0.3 is 24.8 Å². The zero-order valence-electron chi connectivity index (χ0n) is 15.9. The van der Waals surface area contributed by atoms with Gasteiger partial charge in [0.1, 0.15) is 18.0 Å². The van der Waals surface area contributed by atoms with Crippen molar-refractivity contribution in [3.8, 4) is 11.5 Å². The Balaban J connectivity index is 1.79. The molecule has 0 aliphatic carbocycles. The lowest BCUT2D eigenvalue weighted by Crippen LogP contribution is -2.32. The van der Waals surface area contributed by atoms with E-state index in [1.165, 1.54) is 14.2 Å². The molecule has 0 radical (unpaired) electrons. The fourth-order valence-electron chi connectivity index (χ4n) is 2.32. The van der Waals surface area contributed by atoms with Crippen LogP contribution in [0.5, 0.6) is 11.5 Å². The Hall–Kier alpha value is -3.55. The molecule has 28 heavy (non-hydrogen) atoms. The van der Waals surface area contributed by atoms with Gasteiger partial charge in [-0.1, -0.05) is 12.1 Å². The lowest BCUT2D eigenvalue weighted by atomic mass is 10.2. The Morgan fingerprint density at radius 2 is 1.79 bits per heavy atom. The van der Waals surface area contributed by atoms with Gasteiger partial charge in [-0.25, -0.2) is 0 Å². The van der Waals surface area contributed by atoms with Crippen LogP contribution in [-0.2, 0) is 14.3 Å². The number of amides is 2. The van der Waals surface area contributed by atoms with Gasteiger partial charge in [0.15, 0.2) is 6.61 Å². The molecule has 2 aromatic carbocycles. The van der Waals surface area contributed by atoms with Crippen molar-refractivity contribution < 1.29 is 28.6 Å². The van der Waals surface area contributed by atoms with Crippen LogP contribution < -0.4 is 20.1 Å². The molecular weight excluding hydrogens is 364 g/mol. The second-order valence-corrected chi connectivity index (χ2v) is 5.83. The van der Waals surface area contributed by atoms with Crippen LogP contribution in [0.4, 0.5) is 5.69 Å². The molecular formula is C20H22N2O6. The number of ether oxygens (including phenoxy) is 3. The molecule has 0 heterocycles. The maximum absolute atomic E-state index is 12.0. The fraction of sp³-hybridized carbons (Fsp3) is 0.250. The first-order chi connectivity index (χ1) is 13.4. The molecule has 0 aliphatic rings. The minimum Gasteiger partial charge on any atom is -0.497 e. The molecule has 0 bridgehead atoms. The molecule has 148 valence electrons. The van der Waals surface area contributed by atoms with Crippen LogP contribution in [0.15, 0.2) is 42.5 Å². The molecule has 2 N–H and O–H groups in total. The van der Waals surface area contributed by atoms with E-state index in [2.05, 4.69) is 10.6 Å². The van der Waals surface area contributed by atoms with Crippen LogP contribution in [0.25, 0.3) is 0 Å². The minimum absolute atomic E-state index is 0.344. The quantitative estimate of drug-likeness (QED) is 0.672. The Labute approximate surface area is 162 Å². The number of hydrogen-bond acceptors (Lipinski definition) is 6. The summed E-state index contributed by atoms with van der Waals surface area (Å²) in [6.45, 7) is 1.03. The molecule has 8 nitrogen and oxygen atoms in total. The van der Waals surface area contributed by atoms with Crippen LogP contribution >= 0.6 is 0 Å². The zero-order chi connectivity index (χ0) is 20.5. The summed E-state index contributed by atoms with van der Waals surface area (Å²) in [5.74, 6) is -0.682. The van der Waals surface area contributed by atoms with Crippen LogP contribution in [0.2, 0.25) is 0 Å². The third kappa shape index (κ3) is 6.01. The Morgan fingerprint density at radius 1 is 1.00 bits per heavy atom. The maximum Gasteiger partial charge on any atom is 0.325 e. The summed E-state index contributed by atoms with van der Waals surface area (Å²) < 4.78 is 15.1. The normalized spacial score (nSPS) is 9.96. The number of aryl methyl sites for hydroxylation is 1. The second-order valence-electron chi connectivity index (χ2n) is 5.83. The molecule has 0 unspecified atom stereocenters. The third-order valence-electron chi connectivity index (χ3n) is 3.72. The van der Waals surface area contributed by atoms with Crippen molar-refractivity contribution in [2.45, 2.75) is 6.92 Å². The van der Waals surface area contributed by atoms with Crippen LogP contribution in [0, 0.1) is 6.92 Å². The van der Waals surface area contributed by atoms with Crippen molar-refractivity contribution >= 4 is 23.5 Å². The molecule has 0 saturated carbocycles. The van der Waals surface area contributed by atoms with E-state index < -0.39 is 24.4 Å². The summed E-state index contributed by atoms with van der Waals surface area (Å²) in [4.78, 5) is 35.8. The molecule has 0 atom stereocenters. The second kappa shape index (κ2) is 9.96. The van der Waals surface area contributed by atoms with Crippen molar-refractivity contribution in [1.82, 2.24) is 5.32 Å². The predicted octanol–water partition coefficient (Wildman–Crippen LogP) is 1.92. The fourth-order valence-corrected chi connectivity index (χ4v) is 2.32. The summed E-state index contributed by atoms with van der Waals surface area (Å²) in [7, 11) is 2.98. The van der Waals surface area contributed by atoms with E-state index in [0.29, 0.717) is 22.7 Å². The first kappa shape index (κ1) is 20.8. The number of carbonyl (C=O) groups excluding carboxylic acids is 3. The third-order valence-corrected chi connectivity index (χ3v) is 3.72. The molecule has 2 aromatic rings. The van der Waals surface area contributed by atoms with Gasteiger partial charge in [0, 0.05) is 5.56 Å². The number of methoxy groups -OCH3 is 2. The van der Waals surface area contributed by atoms with Crippen molar-refractivity contribution in [1.29, 1.82) is 0 Å². The number of hydrogen-bond donors (Lipinski definition) is 2. The minimum atomic E-state index is -0.734. The van der Waals surface area contributed by atoms with E-state index in [1.807, 2.05) is 13.0 Å². The molecule has 2 rings (SSSR count). The van der Waals surface area contributed by atoms with Gasteiger partial charge in [0.2, 0.25) is 0 Å². The number of benzene rings is 2. The largest absolute Gasteiger partial charge is 0.497 e. The molecule has 8 heteroatoms. The van der Waals surface area contributed by atoms with Gasteiger partial charge in [-0.3, -0.25) is 14.4 Å². The summed E-state index contributed by atoms with van der Waals surface area (Å²) in [6, 6.07) is 11.8. The van der Waals surface area contributed by atoms with Crippen LogP contribution in [0.1, 0.15) is 15.9 Å². The molecule has 0 aliphatic heterocycles. The molecule has 2 amide bonds. The summed E-state index contributed by atoms with van der Waals surface area (Å²) in [6.07, 6.45) is 0. The van der Waals surface area contributed by atoms with Gasteiger partial charge in [0.25, 0.3) is 11.8 Å². The van der Waals surface area contributed by atoms with Crippen molar-refractivity contribution in [2.24, 2.45) is 0 Å². The molecule has 0 fully saturated rings. The van der Waals surface area contributed by atoms with Gasteiger partial charge >= 0.3 is 5.97 Å². The Morgan fingerprint density at radius 3 is 2.50 bits per heavy atom. The summed E-state index contributed by atoms with van der Waals surface area (Å²) in [5, 5.41) is 5.05. The maximum atomic E-state index is 12.0. The van der Waals surface area contributed by atoms with Gasteiger partial charge in [-0.05, 0) is 42.8 Å². The number of anilines is 1. The van der Waals surface area contributed by atoms with E-state index in [1.54, 1.807) is 36.4 Å². The highest BCUT2D eigenvalue weighted by atomic mass is 16.5. The van der Waals surface area contributed by atoms with E-state index in [0.717, 1.165) is 5.56 Å². The summed E-state index contributed by atoms with van der Waals surface area (Å²) >= 11 is 0. The topological polar surface area (TPSA) is 103 Å². The monoisotopic (exact) mass is 386 g/mol. The van der Waals surface area contributed by atoms with E-state index in [4.69, 9.17) is 14.2 Å². The van der Waals surface area contributed by atoms with Crippen molar-refractivity contribution in [3.63, 3.8) is 0 Å². The molecule has 0 aromatic heterocycles. The van der Waals surface area contributed by atoms with Gasteiger partial charge in [0.05, 0.1) is 19.9 Å². The van der Waals surface area contributed by atoms with Crippen LogP contribution in [-0.4, -0.2) is 45.2 Å².